The molecule has 1 rings (SSSR count). The minimum absolute atomic E-state index is 0.0545. The molecular formula is C11H13F2NO4S. The van der Waals surface area contributed by atoms with Gasteiger partial charge in [-0.2, -0.15) is 8.78 Å². The van der Waals surface area contributed by atoms with Gasteiger partial charge in [-0.25, -0.2) is 4.79 Å². The van der Waals surface area contributed by atoms with E-state index in [0.29, 0.717) is 11.8 Å². The van der Waals surface area contributed by atoms with Gasteiger partial charge >= 0.3 is 5.97 Å². The molecule has 1 amide bonds. The fourth-order valence-electron chi connectivity index (χ4n) is 1.29. The van der Waals surface area contributed by atoms with Gasteiger partial charge in [-0.05, 0) is 18.6 Å². The van der Waals surface area contributed by atoms with Gasteiger partial charge in [-0.15, -0.1) is 0 Å². The number of carboxylic acids is 1. The summed E-state index contributed by atoms with van der Waals surface area (Å²) >= 11 is 0.380. The van der Waals surface area contributed by atoms with E-state index in [1.165, 1.54) is 12.1 Å². The zero-order chi connectivity index (χ0) is 14.4. The summed E-state index contributed by atoms with van der Waals surface area (Å²) in [5.41, 5.74) is 0. The van der Waals surface area contributed by atoms with Crippen molar-refractivity contribution in [2.24, 2.45) is 0 Å². The molecule has 19 heavy (non-hydrogen) atoms. The first-order valence-electron chi connectivity index (χ1n) is 5.46. The smallest absolute Gasteiger partial charge is 0.326 e. The zero-order valence-corrected chi connectivity index (χ0v) is 10.9. The van der Waals surface area contributed by atoms with Crippen LogP contribution in [0.3, 0.4) is 0 Å². The van der Waals surface area contributed by atoms with Crippen molar-refractivity contribution >= 4 is 23.6 Å². The summed E-state index contributed by atoms with van der Waals surface area (Å²) in [6.45, 7) is 1.62. The lowest BCUT2D eigenvalue weighted by molar-refractivity contribution is -0.139. The highest BCUT2D eigenvalue weighted by molar-refractivity contribution is 7.98. The molecule has 106 valence electrons. The van der Waals surface area contributed by atoms with Crippen molar-refractivity contribution < 1.29 is 27.9 Å². The summed E-state index contributed by atoms with van der Waals surface area (Å²) in [5, 5.41) is 11.1. The Morgan fingerprint density at radius 3 is 2.68 bits per heavy atom. The molecule has 0 fully saturated rings. The Labute approximate surface area is 112 Å². The number of hydrogen-bond acceptors (Lipinski definition) is 4. The van der Waals surface area contributed by atoms with E-state index in [0.717, 1.165) is 0 Å². The van der Waals surface area contributed by atoms with Crippen LogP contribution >= 0.6 is 11.8 Å². The average molecular weight is 293 g/mol. The maximum atomic E-state index is 12.0. The summed E-state index contributed by atoms with van der Waals surface area (Å²) < 4.78 is 29.0. The topological polar surface area (TPSA) is 79.5 Å². The lowest BCUT2D eigenvalue weighted by Gasteiger charge is -2.10. The number of alkyl halides is 2. The fraction of sp³-hybridized carbons (Fsp3) is 0.455. The molecule has 1 heterocycles. The van der Waals surface area contributed by atoms with Gasteiger partial charge in [0.1, 0.15) is 11.8 Å². The Balaban J connectivity index is 2.60. The van der Waals surface area contributed by atoms with Crippen LogP contribution in [-0.2, 0) is 10.5 Å². The summed E-state index contributed by atoms with van der Waals surface area (Å²) in [4.78, 5) is 22.4. The van der Waals surface area contributed by atoms with Crippen LogP contribution in [0.1, 0.15) is 29.7 Å². The summed E-state index contributed by atoms with van der Waals surface area (Å²) in [5.74, 6) is -4.25. The molecule has 0 aliphatic rings. The Morgan fingerprint density at radius 2 is 2.16 bits per heavy atom. The molecule has 0 aliphatic carbocycles. The number of carbonyl (C=O) groups excluding carboxylic acids is 1. The predicted molar refractivity (Wildman–Crippen MR) is 65.2 cm³/mol. The third-order valence-corrected chi connectivity index (χ3v) is 2.95. The number of thioether (sulfide) groups is 1. The zero-order valence-electron chi connectivity index (χ0n) is 10.1. The number of amides is 1. The quantitative estimate of drug-likeness (QED) is 0.806. The highest BCUT2D eigenvalue weighted by Crippen LogP contribution is 2.21. The molecule has 0 aliphatic heterocycles. The molecule has 0 saturated heterocycles. The van der Waals surface area contributed by atoms with Gasteiger partial charge in [0.15, 0.2) is 5.76 Å². The van der Waals surface area contributed by atoms with Gasteiger partial charge < -0.3 is 14.8 Å². The SMILES string of the molecule is CC[C@H](NC(=O)c1ccc(CSC(F)F)o1)C(=O)O. The Bertz CT molecular complexity index is 450. The van der Waals surface area contributed by atoms with Crippen LogP contribution < -0.4 is 5.32 Å². The van der Waals surface area contributed by atoms with Crippen molar-refractivity contribution in [1.29, 1.82) is 0 Å². The van der Waals surface area contributed by atoms with E-state index in [1.54, 1.807) is 6.92 Å². The maximum Gasteiger partial charge on any atom is 0.326 e. The molecule has 1 atom stereocenters. The molecule has 8 heteroatoms. The second-order valence-electron chi connectivity index (χ2n) is 3.61. The summed E-state index contributed by atoms with van der Waals surface area (Å²) in [6.07, 6.45) is 0.232. The first-order chi connectivity index (χ1) is 8.93. The highest BCUT2D eigenvalue weighted by atomic mass is 32.2. The van der Waals surface area contributed by atoms with Crippen LogP contribution in [0.2, 0.25) is 0 Å². The van der Waals surface area contributed by atoms with E-state index < -0.39 is 23.7 Å². The van der Waals surface area contributed by atoms with Crippen LogP contribution in [0.15, 0.2) is 16.5 Å². The normalized spacial score (nSPS) is 12.4. The van der Waals surface area contributed by atoms with Crippen LogP contribution in [0.25, 0.3) is 0 Å². The standard InChI is InChI=1S/C11H13F2NO4S/c1-2-7(10(16)17)14-9(15)8-4-3-6(18-8)5-19-11(12)13/h3-4,7,11H,2,5H2,1H3,(H,14,15)(H,16,17)/t7-/m0/s1. The number of nitrogens with one attached hydrogen (secondary N) is 1. The van der Waals surface area contributed by atoms with Gasteiger partial charge in [-0.3, -0.25) is 4.79 Å². The largest absolute Gasteiger partial charge is 0.480 e. The van der Waals surface area contributed by atoms with E-state index >= 15 is 0 Å². The van der Waals surface area contributed by atoms with E-state index in [9.17, 15) is 18.4 Å². The lowest BCUT2D eigenvalue weighted by atomic mass is 10.2. The summed E-state index contributed by atoms with van der Waals surface area (Å²) in [6, 6.07) is 1.73. The van der Waals surface area contributed by atoms with Gasteiger partial charge in [0.25, 0.3) is 11.7 Å². The van der Waals surface area contributed by atoms with E-state index in [2.05, 4.69) is 5.32 Å². The Hall–Kier alpha value is -1.57. The van der Waals surface area contributed by atoms with Crippen LogP contribution in [0, 0.1) is 0 Å². The minimum Gasteiger partial charge on any atom is -0.480 e. The third kappa shape index (κ3) is 4.90. The molecule has 2 N–H and O–H groups in total. The molecule has 1 aromatic rings. The molecule has 0 saturated carbocycles. The molecular weight excluding hydrogens is 280 g/mol. The molecule has 0 bridgehead atoms. The minimum atomic E-state index is -2.51. The first kappa shape index (κ1) is 15.5. The van der Waals surface area contributed by atoms with Crippen LogP contribution in [-0.4, -0.2) is 28.8 Å². The van der Waals surface area contributed by atoms with Crippen molar-refractivity contribution in [1.82, 2.24) is 5.32 Å². The van der Waals surface area contributed by atoms with E-state index in [4.69, 9.17) is 9.52 Å². The van der Waals surface area contributed by atoms with Gasteiger partial charge in [-0.1, -0.05) is 18.7 Å². The lowest BCUT2D eigenvalue weighted by Crippen LogP contribution is -2.40. The van der Waals surface area contributed by atoms with Gasteiger partial charge in [0, 0.05) is 0 Å². The molecule has 0 radical (unpaired) electrons. The van der Waals surface area contributed by atoms with Gasteiger partial charge in [0.2, 0.25) is 0 Å². The second-order valence-corrected chi connectivity index (χ2v) is 4.59. The number of furan rings is 1. The fourth-order valence-corrected chi connectivity index (χ4v) is 1.74. The van der Waals surface area contributed by atoms with Crippen molar-refractivity contribution in [2.45, 2.75) is 30.9 Å². The number of rotatable bonds is 7. The molecule has 0 unspecified atom stereocenters. The predicted octanol–water partition coefficient (Wildman–Crippen LogP) is 2.33. The van der Waals surface area contributed by atoms with Crippen molar-refractivity contribution in [3.8, 4) is 0 Å². The monoisotopic (exact) mass is 293 g/mol. The number of carbonyl (C=O) groups is 2. The number of carboxylic acid groups (broad SMARTS) is 1. The van der Waals surface area contributed by atoms with Crippen LogP contribution in [0.4, 0.5) is 8.78 Å². The summed E-state index contributed by atoms with van der Waals surface area (Å²) in [7, 11) is 0. The third-order valence-electron chi connectivity index (χ3n) is 2.25. The number of halogens is 2. The van der Waals surface area contributed by atoms with Crippen molar-refractivity contribution in [3.63, 3.8) is 0 Å². The molecule has 0 aromatic carbocycles. The number of aliphatic carboxylic acids is 1. The van der Waals surface area contributed by atoms with Crippen molar-refractivity contribution in [2.75, 3.05) is 0 Å². The Kier molecular flexibility index (Phi) is 5.81. The Morgan fingerprint density at radius 1 is 1.47 bits per heavy atom. The van der Waals surface area contributed by atoms with Gasteiger partial charge in [0.05, 0.1) is 5.75 Å². The maximum absolute atomic E-state index is 12.0. The number of hydrogen-bond donors (Lipinski definition) is 2. The first-order valence-corrected chi connectivity index (χ1v) is 6.51. The molecule has 1 aromatic heterocycles. The van der Waals surface area contributed by atoms with Crippen molar-refractivity contribution in [3.05, 3.63) is 23.7 Å². The molecule has 5 nitrogen and oxygen atoms in total. The highest BCUT2D eigenvalue weighted by Gasteiger charge is 2.20. The molecule has 0 spiro atoms. The average Bonchev–Trinajstić information content (AvgIpc) is 2.81. The van der Waals surface area contributed by atoms with Crippen LogP contribution in [0.5, 0.6) is 0 Å². The van der Waals surface area contributed by atoms with E-state index in [-0.39, 0.29) is 23.7 Å². The second kappa shape index (κ2) is 7.13. The van der Waals surface area contributed by atoms with E-state index in [1.807, 2.05) is 0 Å².